The van der Waals surface area contributed by atoms with E-state index in [1.54, 1.807) is 14.0 Å². The van der Waals surface area contributed by atoms with Crippen molar-refractivity contribution < 1.29 is 14.1 Å². The monoisotopic (exact) mass is 369 g/mol. The molecule has 1 amide bonds. The summed E-state index contributed by atoms with van der Waals surface area (Å²) >= 11 is 1.49. The second-order valence-electron chi connectivity index (χ2n) is 5.55. The van der Waals surface area contributed by atoms with Gasteiger partial charge < -0.3 is 14.6 Å². The van der Waals surface area contributed by atoms with Crippen LogP contribution in [0.5, 0.6) is 5.75 Å². The first-order chi connectivity index (χ1) is 12.7. The van der Waals surface area contributed by atoms with E-state index < -0.39 is 0 Å². The standard InChI is InChI=1S/C19H19N3O3S/c1-13-21-18(25-22-13)12-26-17-6-4-3-5-16(17)19(23)20-11-14-7-9-15(24-2)10-8-14/h3-10H,11-12H2,1-2H3,(H,20,23). The Morgan fingerprint density at radius 1 is 1.19 bits per heavy atom. The van der Waals surface area contributed by atoms with Crippen LogP contribution in [-0.2, 0) is 12.3 Å². The fraction of sp³-hybridized carbons (Fsp3) is 0.211. The molecule has 0 aliphatic heterocycles. The largest absolute Gasteiger partial charge is 0.497 e. The van der Waals surface area contributed by atoms with Gasteiger partial charge in [0.2, 0.25) is 5.89 Å². The highest BCUT2D eigenvalue weighted by Crippen LogP contribution is 2.26. The van der Waals surface area contributed by atoms with Crippen LogP contribution in [0.15, 0.2) is 57.9 Å². The molecule has 0 radical (unpaired) electrons. The molecular formula is C19H19N3O3S. The van der Waals surface area contributed by atoms with Gasteiger partial charge in [0.25, 0.3) is 5.91 Å². The summed E-state index contributed by atoms with van der Waals surface area (Å²) in [7, 11) is 1.63. The van der Waals surface area contributed by atoms with Gasteiger partial charge in [-0.05, 0) is 36.8 Å². The molecule has 0 fully saturated rings. The summed E-state index contributed by atoms with van der Waals surface area (Å²) in [6, 6.07) is 15.1. The number of aryl methyl sites for hydroxylation is 1. The van der Waals surface area contributed by atoms with Gasteiger partial charge >= 0.3 is 0 Å². The van der Waals surface area contributed by atoms with Gasteiger partial charge in [-0.2, -0.15) is 4.98 Å². The molecule has 7 heteroatoms. The van der Waals surface area contributed by atoms with Crippen LogP contribution in [0.2, 0.25) is 0 Å². The van der Waals surface area contributed by atoms with E-state index in [4.69, 9.17) is 9.26 Å². The van der Waals surface area contributed by atoms with Crippen LogP contribution >= 0.6 is 11.8 Å². The van der Waals surface area contributed by atoms with Crippen molar-refractivity contribution in [1.82, 2.24) is 15.5 Å². The second kappa shape index (κ2) is 8.53. The quantitative estimate of drug-likeness (QED) is 0.641. The minimum Gasteiger partial charge on any atom is -0.497 e. The van der Waals surface area contributed by atoms with Crippen LogP contribution in [0.25, 0.3) is 0 Å². The highest BCUT2D eigenvalue weighted by Gasteiger charge is 2.13. The molecule has 0 aliphatic carbocycles. The maximum absolute atomic E-state index is 12.6. The van der Waals surface area contributed by atoms with Crippen molar-refractivity contribution in [2.45, 2.75) is 24.1 Å². The molecule has 0 saturated heterocycles. The van der Waals surface area contributed by atoms with Gasteiger partial charge in [-0.15, -0.1) is 11.8 Å². The molecule has 2 aromatic carbocycles. The number of methoxy groups -OCH3 is 1. The van der Waals surface area contributed by atoms with Crippen LogP contribution in [-0.4, -0.2) is 23.2 Å². The first kappa shape index (κ1) is 18.0. The predicted molar refractivity (Wildman–Crippen MR) is 99.2 cm³/mol. The van der Waals surface area contributed by atoms with E-state index in [2.05, 4.69) is 15.5 Å². The lowest BCUT2D eigenvalue weighted by Crippen LogP contribution is -2.23. The van der Waals surface area contributed by atoms with Gasteiger partial charge in [0.1, 0.15) is 5.75 Å². The normalized spacial score (nSPS) is 10.5. The van der Waals surface area contributed by atoms with Crippen molar-refractivity contribution in [3.8, 4) is 5.75 Å². The molecule has 0 spiro atoms. The van der Waals surface area contributed by atoms with Crippen molar-refractivity contribution in [2.24, 2.45) is 0 Å². The maximum atomic E-state index is 12.6. The fourth-order valence-corrected chi connectivity index (χ4v) is 3.23. The summed E-state index contributed by atoms with van der Waals surface area (Å²) in [5, 5.41) is 6.73. The van der Waals surface area contributed by atoms with Crippen molar-refractivity contribution in [3.63, 3.8) is 0 Å². The number of thioether (sulfide) groups is 1. The molecule has 3 aromatic rings. The summed E-state index contributed by atoms with van der Waals surface area (Å²) in [5.74, 6) is 2.33. The third-order valence-electron chi connectivity index (χ3n) is 3.66. The van der Waals surface area contributed by atoms with E-state index in [1.807, 2.05) is 48.5 Å². The Labute approximate surface area is 156 Å². The van der Waals surface area contributed by atoms with E-state index in [1.165, 1.54) is 11.8 Å². The third-order valence-corrected chi connectivity index (χ3v) is 4.72. The third kappa shape index (κ3) is 4.64. The van der Waals surface area contributed by atoms with E-state index in [0.29, 0.717) is 29.6 Å². The lowest BCUT2D eigenvalue weighted by Gasteiger charge is -2.10. The lowest BCUT2D eigenvalue weighted by molar-refractivity contribution is 0.0948. The SMILES string of the molecule is COc1ccc(CNC(=O)c2ccccc2SCc2nc(C)no2)cc1. The highest BCUT2D eigenvalue weighted by molar-refractivity contribution is 7.98. The van der Waals surface area contributed by atoms with Crippen LogP contribution in [0.4, 0.5) is 0 Å². The van der Waals surface area contributed by atoms with E-state index in [-0.39, 0.29) is 5.91 Å². The van der Waals surface area contributed by atoms with E-state index >= 15 is 0 Å². The maximum Gasteiger partial charge on any atom is 0.252 e. The number of amides is 1. The molecule has 0 saturated carbocycles. The number of hydrogen-bond acceptors (Lipinski definition) is 6. The topological polar surface area (TPSA) is 77.2 Å². The number of nitrogens with one attached hydrogen (secondary N) is 1. The first-order valence-corrected chi connectivity index (χ1v) is 9.06. The van der Waals surface area contributed by atoms with Crippen molar-refractivity contribution >= 4 is 17.7 Å². The summed E-state index contributed by atoms with van der Waals surface area (Å²) < 4.78 is 10.3. The van der Waals surface area contributed by atoms with Crippen LogP contribution < -0.4 is 10.1 Å². The van der Waals surface area contributed by atoms with Gasteiger partial charge in [-0.1, -0.05) is 29.4 Å². The molecule has 0 aliphatic rings. The zero-order valence-corrected chi connectivity index (χ0v) is 15.4. The van der Waals surface area contributed by atoms with Gasteiger partial charge in [0, 0.05) is 11.4 Å². The number of carbonyl (C=O) groups excluding carboxylic acids is 1. The smallest absolute Gasteiger partial charge is 0.252 e. The van der Waals surface area contributed by atoms with Gasteiger partial charge in [0.15, 0.2) is 5.82 Å². The molecule has 1 aromatic heterocycles. The Kier molecular flexibility index (Phi) is 5.91. The average molecular weight is 369 g/mol. The molecule has 134 valence electrons. The number of rotatable bonds is 7. The highest BCUT2D eigenvalue weighted by atomic mass is 32.2. The van der Waals surface area contributed by atoms with Gasteiger partial charge in [-0.25, -0.2) is 0 Å². The van der Waals surface area contributed by atoms with Crippen LogP contribution in [0.1, 0.15) is 27.6 Å². The lowest BCUT2D eigenvalue weighted by atomic mass is 10.2. The Morgan fingerprint density at radius 3 is 2.65 bits per heavy atom. The average Bonchev–Trinajstić information content (AvgIpc) is 3.10. The van der Waals surface area contributed by atoms with Crippen LogP contribution in [0.3, 0.4) is 0 Å². The Hall–Kier alpha value is -2.80. The number of nitrogens with zero attached hydrogens (tertiary/aromatic N) is 2. The molecule has 3 rings (SSSR count). The summed E-state index contributed by atoms with van der Waals surface area (Å²) in [5.41, 5.74) is 1.63. The first-order valence-electron chi connectivity index (χ1n) is 8.08. The van der Waals surface area contributed by atoms with Gasteiger partial charge in [0.05, 0.1) is 18.4 Å². The minimum absolute atomic E-state index is 0.120. The molecule has 26 heavy (non-hydrogen) atoms. The Morgan fingerprint density at radius 2 is 1.96 bits per heavy atom. The molecular weight excluding hydrogens is 350 g/mol. The molecule has 0 unspecified atom stereocenters. The molecule has 1 N–H and O–H groups in total. The number of aromatic nitrogens is 2. The van der Waals surface area contributed by atoms with Gasteiger partial charge in [-0.3, -0.25) is 4.79 Å². The zero-order valence-electron chi connectivity index (χ0n) is 14.6. The minimum atomic E-state index is -0.120. The molecule has 6 nitrogen and oxygen atoms in total. The van der Waals surface area contributed by atoms with Crippen molar-refractivity contribution in [2.75, 3.05) is 7.11 Å². The summed E-state index contributed by atoms with van der Waals surface area (Å²) in [6.07, 6.45) is 0. The number of ether oxygens (including phenoxy) is 1. The van der Waals surface area contributed by atoms with E-state index in [9.17, 15) is 4.79 Å². The molecule has 0 bridgehead atoms. The fourth-order valence-electron chi connectivity index (χ4n) is 2.34. The Balaban J connectivity index is 1.63. The number of carbonyl (C=O) groups is 1. The molecule has 0 atom stereocenters. The van der Waals surface area contributed by atoms with Crippen molar-refractivity contribution in [3.05, 3.63) is 71.4 Å². The van der Waals surface area contributed by atoms with Crippen LogP contribution in [0, 0.1) is 6.92 Å². The number of hydrogen-bond donors (Lipinski definition) is 1. The number of benzene rings is 2. The van der Waals surface area contributed by atoms with E-state index in [0.717, 1.165) is 16.2 Å². The Bertz CT molecular complexity index is 878. The second-order valence-corrected chi connectivity index (χ2v) is 6.57. The predicted octanol–water partition coefficient (Wildman–Crippen LogP) is 3.61. The zero-order chi connectivity index (χ0) is 18.4. The molecule has 1 heterocycles. The summed E-state index contributed by atoms with van der Waals surface area (Å²) in [4.78, 5) is 17.6. The summed E-state index contributed by atoms with van der Waals surface area (Å²) in [6.45, 7) is 2.23. The van der Waals surface area contributed by atoms with Crippen molar-refractivity contribution in [1.29, 1.82) is 0 Å².